The maximum atomic E-state index is 10.6. The lowest BCUT2D eigenvalue weighted by Gasteiger charge is -2.29. The number of nitrogens with zero attached hydrogens (tertiary/aromatic N) is 2. The summed E-state index contributed by atoms with van der Waals surface area (Å²) in [6.45, 7) is 2.38. The van der Waals surface area contributed by atoms with Gasteiger partial charge >= 0.3 is 12.1 Å². The van der Waals surface area contributed by atoms with Crippen LogP contribution in [0.1, 0.15) is 12.8 Å². The standard InChI is InChI=1S/C9H16N4.C2HF3O2/c1-13-4-2-8(3-5-13)12-9-6-10-11-7-9;3-2(4,5)1(6)7/h6-8,12H,2-5H2,1H3,(H,10,11);(H,6,7). The number of aromatic amines is 1. The van der Waals surface area contributed by atoms with Gasteiger partial charge in [0.15, 0.2) is 0 Å². The average Bonchev–Trinajstić information content (AvgIpc) is 2.84. The van der Waals surface area contributed by atoms with Crippen molar-refractivity contribution in [2.45, 2.75) is 25.1 Å². The molecule has 1 aliphatic heterocycles. The third kappa shape index (κ3) is 5.91. The van der Waals surface area contributed by atoms with E-state index in [1.807, 2.05) is 12.4 Å². The smallest absolute Gasteiger partial charge is 0.475 e. The van der Waals surface area contributed by atoms with Gasteiger partial charge in [-0.15, -0.1) is 0 Å². The molecule has 0 aromatic carbocycles. The van der Waals surface area contributed by atoms with E-state index < -0.39 is 12.1 Å². The van der Waals surface area contributed by atoms with Crippen molar-refractivity contribution in [3.63, 3.8) is 0 Å². The lowest BCUT2D eigenvalue weighted by atomic mass is 10.1. The minimum Gasteiger partial charge on any atom is -0.475 e. The van der Waals surface area contributed by atoms with Gasteiger partial charge in [0.2, 0.25) is 0 Å². The van der Waals surface area contributed by atoms with E-state index in [9.17, 15) is 13.2 Å². The van der Waals surface area contributed by atoms with Crippen molar-refractivity contribution >= 4 is 11.7 Å². The zero-order valence-electron chi connectivity index (χ0n) is 10.9. The van der Waals surface area contributed by atoms with Gasteiger partial charge in [0.1, 0.15) is 0 Å². The Morgan fingerprint density at radius 2 is 2.05 bits per heavy atom. The molecule has 3 N–H and O–H groups in total. The molecule has 6 nitrogen and oxygen atoms in total. The van der Waals surface area contributed by atoms with Crippen molar-refractivity contribution in [1.29, 1.82) is 0 Å². The van der Waals surface area contributed by atoms with Gasteiger partial charge in [-0.25, -0.2) is 4.79 Å². The van der Waals surface area contributed by atoms with Crippen molar-refractivity contribution < 1.29 is 23.1 Å². The molecule has 0 radical (unpaired) electrons. The van der Waals surface area contributed by atoms with Gasteiger partial charge < -0.3 is 15.3 Å². The summed E-state index contributed by atoms with van der Waals surface area (Å²) in [6.07, 6.45) is 1.10. The number of rotatable bonds is 2. The van der Waals surface area contributed by atoms with Crippen molar-refractivity contribution in [3.8, 4) is 0 Å². The van der Waals surface area contributed by atoms with Crippen LogP contribution in [0.5, 0.6) is 0 Å². The number of aromatic nitrogens is 2. The molecule has 9 heteroatoms. The number of hydrogen-bond acceptors (Lipinski definition) is 4. The van der Waals surface area contributed by atoms with Gasteiger partial charge in [0.25, 0.3) is 0 Å². The van der Waals surface area contributed by atoms with Crippen molar-refractivity contribution in [2.75, 3.05) is 25.5 Å². The number of hydrogen-bond donors (Lipinski definition) is 3. The van der Waals surface area contributed by atoms with Crippen LogP contribution in [0, 0.1) is 0 Å². The van der Waals surface area contributed by atoms with Crippen LogP contribution in [-0.4, -0.2) is 58.5 Å². The van der Waals surface area contributed by atoms with Crippen molar-refractivity contribution in [3.05, 3.63) is 12.4 Å². The quantitative estimate of drug-likeness (QED) is 0.771. The normalized spacial score (nSPS) is 17.2. The highest BCUT2D eigenvalue weighted by Crippen LogP contribution is 2.14. The molecule has 1 saturated heterocycles. The molecule has 0 spiro atoms. The maximum absolute atomic E-state index is 10.6. The van der Waals surface area contributed by atoms with Crippen LogP contribution in [0.25, 0.3) is 0 Å². The lowest BCUT2D eigenvalue weighted by Crippen LogP contribution is -2.36. The van der Waals surface area contributed by atoms with Crippen LogP contribution < -0.4 is 5.32 Å². The van der Waals surface area contributed by atoms with Gasteiger partial charge in [-0.3, -0.25) is 5.10 Å². The molecule has 2 rings (SSSR count). The number of carbonyl (C=O) groups is 1. The molecule has 0 aliphatic carbocycles. The fourth-order valence-electron chi connectivity index (χ4n) is 1.72. The van der Waals surface area contributed by atoms with Crippen LogP contribution in [0.4, 0.5) is 18.9 Å². The van der Waals surface area contributed by atoms with Crippen LogP contribution in [-0.2, 0) is 4.79 Å². The van der Waals surface area contributed by atoms with Gasteiger partial charge in [-0.05, 0) is 33.0 Å². The van der Waals surface area contributed by atoms with E-state index in [0.29, 0.717) is 6.04 Å². The molecule has 0 amide bonds. The molecule has 1 aromatic rings. The molecule has 1 fully saturated rings. The predicted octanol–water partition coefficient (Wildman–Crippen LogP) is 1.55. The number of carboxylic acids is 1. The monoisotopic (exact) mass is 294 g/mol. The molecule has 1 aliphatic rings. The van der Waals surface area contributed by atoms with E-state index in [0.717, 1.165) is 5.69 Å². The minimum absolute atomic E-state index is 0.619. The second kappa shape index (κ2) is 7.13. The fourth-order valence-corrected chi connectivity index (χ4v) is 1.72. The Hall–Kier alpha value is -1.77. The first-order valence-corrected chi connectivity index (χ1v) is 6.03. The van der Waals surface area contributed by atoms with E-state index in [1.54, 1.807) is 0 Å². The Morgan fingerprint density at radius 1 is 1.50 bits per heavy atom. The number of nitrogens with one attached hydrogen (secondary N) is 2. The summed E-state index contributed by atoms with van der Waals surface area (Å²) < 4.78 is 31.7. The summed E-state index contributed by atoms with van der Waals surface area (Å²) in [5.41, 5.74) is 1.11. The van der Waals surface area contributed by atoms with E-state index >= 15 is 0 Å². The number of piperidine rings is 1. The largest absolute Gasteiger partial charge is 0.490 e. The summed E-state index contributed by atoms with van der Waals surface area (Å²) in [5.74, 6) is -2.76. The van der Waals surface area contributed by atoms with Crippen LogP contribution in [0.15, 0.2) is 12.4 Å². The Balaban J connectivity index is 0.000000246. The molecular formula is C11H17F3N4O2. The fraction of sp³-hybridized carbons (Fsp3) is 0.636. The van der Waals surface area contributed by atoms with Crippen LogP contribution in [0.3, 0.4) is 0 Å². The van der Waals surface area contributed by atoms with E-state index in [-0.39, 0.29) is 0 Å². The Kier molecular flexibility index (Phi) is 5.81. The first-order valence-electron chi connectivity index (χ1n) is 6.03. The highest BCUT2D eigenvalue weighted by atomic mass is 19.4. The number of aliphatic carboxylic acids is 1. The minimum atomic E-state index is -5.08. The maximum Gasteiger partial charge on any atom is 0.490 e. The number of H-pyrrole nitrogens is 1. The zero-order chi connectivity index (χ0) is 15.2. The average molecular weight is 294 g/mol. The predicted molar refractivity (Wildman–Crippen MR) is 66.4 cm³/mol. The van der Waals surface area contributed by atoms with Gasteiger partial charge in [-0.1, -0.05) is 0 Å². The number of anilines is 1. The third-order valence-corrected chi connectivity index (χ3v) is 2.83. The molecule has 20 heavy (non-hydrogen) atoms. The molecule has 0 atom stereocenters. The molecular weight excluding hydrogens is 277 g/mol. The number of alkyl halides is 3. The molecule has 0 saturated carbocycles. The van der Waals surface area contributed by atoms with Crippen molar-refractivity contribution in [2.24, 2.45) is 0 Å². The van der Waals surface area contributed by atoms with Gasteiger partial charge in [0.05, 0.1) is 11.9 Å². The number of carboxylic acid groups (broad SMARTS) is 1. The van der Waals surface area contributed by atoms with E-state index in [1.165, 1.54) is 25.9 Å². The number of halogens is 3. The molecule has 2 heterocycles. The topological polar surface area (TPSA) is 81.2 Å². The SMILES string of the molecule is CN1CCC(Nc2cn[nH]c2)CC1.O=C(O)C(F)(F)F. The molecule has 0 unspecified atom stereocenters. The van der Waals surface area contributed by atoms with Crippen molar-refractivity contribution in [1.82, 2.24) is 15.1 Å². The molecule has 0 bridgehead atoms. The second-order valence-corrected chi connectivity index (χ2v) is 4.51. The van der Waals surface area contributed by atoms with Crippen LogP contribution in [0.2, 0.25) is 0 Å². The second-order valence-electron chi connectivity index (χ2n) is 4.51. The first kappa shape index (κ1) is 16.3. The highest BCUT2D eigenvalue weighted by molar-refractivity contribution is 5.73. The van der Waals surface area contributed by atoms with E-state index in [2.05, 4.69) is 27.5 Å². The molecule has 114 valence electrons. The summed E-state index contributed by atoms with van der Waals surface area (Å²) in [5, 5.41) is 17.3. The molecule has 1 aromatic heterocycles. The van der Waals surface area contributed by atoms with Gasteiger partial charge in [0, 0.05) is 12.2 Å². The first-order chi connectivity index (χ1) is 9.29. The summed E-state index contributed by atoms with van der Waals surface area (Å²) >= 11 is 0. The Labute approximate surface area is 114 Å². The number of likely N-dealkylation sites (tertiary alicyclic amines) is 1. The summed E-state index contributed by atoms with van der Waals surface area (Å²) in [4.78, 5) is 11.3. The zero-order valence-corrected chi connectivity index (χ0v) is 10.9. The van der Waals surface area contributed by atoms with E-state index in [4.69, 9.17) is 9.90 Å². The lowest BCUT2D eigenvalue weighted by molar-refractivity contribution is -0.192. The Morgan fingerprint density at radius 3 is 2.45 bits per heavy atom. The van der Waals surface area contributed by atoms with Gasteiger partial charge in [-0.2, -0.15) is 18.3 Å². The highest BCUT2D eigenvalue weighted by Gasteiger charge is 2.38. The summed E-state index contributed by atoms with van der Waals surface area (Å²) in [6, 6.07) is 0.619. The summed E-state index contributed by atoms with van der Waals surface area (Å²) in [7, 11) is 2.17. The Bertz CT molecular complexity index is 400. The van der Waals surface area contributed by atoms with Crippen LogP contribution >= 0.6 is 0 Å². The third-order valence-electron chi connectivity index (χ3n) is 2.83.